The average molecular weight is 528 g/mol. The Morgan fingerprint density at radius 3 is 2.22 bits per heavy atom. The fourth-order valence-electron chi connectivity index (χ4n) is 3.89. The molecule has 1 aliphatic heterocycles. The Balaban J connectivity index is 1.59. The van der Waals surface area contributed by atoms with Crippen LogP contribution in [0.3, 0.4) is 0 Å². The molecule has 1 fully saturated rings. The number of benzene rings is 1. The number of sulfonamides is 1. The molecule has 9 nitrogen and oxygen atoms in total. The number of aromatic nitrogens is 4. The van der Waals surface area contributed by atoms with Gasteiger partial charge in [0.15, 0.2) is 5.82 Å². The van der Waals surface area contributed by atoms with Gasteiger partial charge in [0.05, 0.1) is 23.0 Å². The summed E-state index contributed by atoms with van der Waals surface area (Å²) in [7, 11) is -1.72. The number of nitrogens with one attached hydrogen (secondary N) is 1. The number of alkyl halides is 3. The Kier molecular flexibility index (Phi) is 7.03. The van der Waals surface area contributed by atoms with Gasteiger partial charge in [-0.2, -0.15) is 17.5 Å². The number of anilines is 2. The number of piperazine rings is 1. The van der Waals surface area contributed by atoms with E-state index in [0.717, 1.165) is 17.0 Å². The third-order valence-corrected chi connectivity index (χ3v) is 7.68. The molecule has 0 bridgehead atoms. The average Bonchev–Trinajstić information content (AvgIpc) is 3.27. The summed E-state index contributed by atoms with van der Waals surface area (Å²) in [4.78, 5) is 13.5. The number of nitrogens with zero attached hydrogens (tertiary/aromatic N) is 6. The minimum atomic E-state index is -4.72. The number of rotatable bonds is 6. The van der Waals surface area contributed by atoms with Crippen LogP contribution in [0.2, 0.25) is 0 Å². The molecule has 1 saturated heterocycles. The van der Waals surface area contributed by atoms with E-state index in [4.69, 9.17) is 0 Å². The van der Waals surface area contributed by atoms with Gasteiger partial charge in [-0.1, -0.05) is 0 Å². The van der Waals surface area contributed by atoms with E-state index < -0.39 is 33.9 Å². The van der Waals surface area contributed by atoms with Crippen molar-refractivity contribution in [2.45, 2.75) is 31.0 Å². The molecule has 1 aromatic carbocycles. The molecule has 1 N–H and O–H groups in total. The van der Waals surface area contributed by atoms with Crippen LogP contribution in [0.4, 0.5) is 29.2 Å². The van der Waals surface area contributed by atoms with E-state index in [2.05, 4.69) is 20.3 Å². The summed E-state index contributed by atoms with van der Waals surface area (Å²) in [5.41, 5.74) is -0.0782. The lowest BCUT2D eigenvalue weighted by Crippen LogP contribution is -2.46. The van der Waals surface area contributed by atoms with Gasteiger partial charge < -0.3 is 14.8 Å². The topological polar surface area (TPSA) is 96.2 Å². The predicted molar refractivity (Wildman–Crippen MR) is 125 cm³/mol. The second-order valence-electron chi connectivity index (χ2n) is 8.68. The minimum absolute atomic E-state index is 0.0776. The zero-order chi connectivity index (χ0) is 26.3. The Labute approximate surface area is 205 Å². The van der Waals surface area contributed by atoms with E-state index in [-0.39, 0.29) is 22.2 Å². The van der Waals surface area contributed by atoms with Crippen molar-refractivity contribution >= 4 is 21.7 Å². The molecule has 0 amide bonds. The molecule has 36 heavy (non-hydrogen) atoms. The maximum Gasteiger partial charge on any atom is 0.449 e. The molecule has 0 atom stereocenters. The van der Waals surface area contributed by atoms with Crippen LogP contribution in [-0.4, -0.2) is 70.4 Å². The summed E-state index contributed by atoms with van der Waals surface area (Å²) < 4.78 is 82.8. The zero-order valence-corrected chi connectivity index (χ0v) is 20.6. The normalized spacial score (nSPS) is 16.0. The van der Waals surface area contributed by atoms with Crippen molar-refractivity contribution in [3.63, 3.8) is 0 Å². The van der Waals surface area contributed by atoms with E-state index in [1.165, 1.54) is 42.4 Å². The second kappa shape index (κ2) is 9.75. The molecule has 3 aromatic rings. The smallest absolute Gasteiger partial charge is 0.324 e. The van der Waals surface area contributed by atoms with Crippen molar-refractivity contribution < 1.29 is 26.0 Å². The van der Waals surface area contributed by atoms with Gasteiger partial charge in [-0.3, -0.25) is 0 Å². The van der Waals surface area contributed by atoms with Crippen molar-refractivity contribution in [2.75, 3.05) is 38.5 Å². The molecule has 0 saturated carbocycles. The van der Waals surface area contributed by atoms with Gasteiger partial charge in [-0.05, 0) is 45.2 Å². The van der Waals surface area contributed by atoms with Crippen LogP contribution in [0.15, 0.2) is 41.6 Å². The number of hydrogen-bond acceptors (Lipinski definition) is 7. The number of hydrogen-bond donors (Lipinski definition) is 1. The molecule has 3 heterocycles. The number of imidazole rings is 1. The number of halogens is 4. The summed E-state index contributed by atoms with van der Waals surface area (Å²) in [6.45, 7) is 5.13. The largest absolute Gasteiger partial charge is 0.449 e. The molecule has 0 spiro atoms. The molecule has 194 valence electrons. The standard InChI is InChI=1S/C22H25F4N7O2S/c1-14(2)33-18(13-27-20(33)22(24,25)26)19-17(23)12-28-21(30-19)29-15-4-6-16(7-5-15)36(34,35)32-10-8-31(3)9-11-32/h4-7,12-14H,8-11H2,1-3H3,(H,28,29,30). The highest BCUT2D eigenvalue weighted by atomic mass is 32.2. The van der Waals surface area contributed by atoms with Crippen LogP contribution >= 0.6 is 0 Å². The Hall–Kier alpha value is -3.10. The Morgan fingerprint density at radius 1 is 1.00 bits per heavy atom. The first-order valence-corrected chi connectivity index (χ1v) is 12.5. The van der Waals surface area contributed by atoms with Gasteiger partial charge in [-0.15, -0.1) is 0 Å². The van der Waals surface area contributed by atoms with E-state index in [1.807, 2.05) is 11.9 Å². The summed E-state index contributed by atoms with van der Waals surface area (Å²) in [6.07, 6.45) is -2.95. The van der Waals surface area contributed by atoms with Crippen molar-refractivity contribution in [3.8, 4) is 11.4 Å². The van der Waals surface area contributed by atoms with Crippen LogP contribution in [0.25, 0.3) is 11.4 Å². The molecule has 0 radical (unpaired) electrons. The fraction of sp³-hybridized carbons (Fsp3) is 0.409. The second-order valence-corrected chi connectivity index (χ2v) is 10.6. The quantitative estimate of drug-likeness (QED) is 0.488. The molecule has 4 rings (SSSR count). The van der Waals surface area contributed by atoms with Crippen LogP contribution in [-0.2, 0) is 16.2 Å². The van der Waals surface area contributed by atoms with Crippen LogP contribution in [0.1, 0.15) is 25.7 Å². The Bertz CT molecular complexity index is 1330. The number of likely N-dealkylation sites (N-methyl/N-ethyl adjacent to an activating group) is 1. The monoisotopic (exact) mass is 527 g/mol. The zero-order valence-electron chi connectivity index (χ0n) is 19.8. The molecular formula is C22H25F4N7O2S. The maximum absolute atomic E-state index is 14.6. The molecular weight excluding hydrogens is 502 g/mol. The first kappa shape index (κ1) is 26.0. The van der Waals surface area contributed by atoms with E-state index in [9.17, 15) is 26.0 Å². The first-order chi connectivity index (χ1) is 16.9. The van der Waals surface area contributed by atoms with Gasteiger partial charge >= 0.3 is 6.18 Å². The lowest BCUT2D eigenvalue weighted by atomic mass is 10.2. The van der Waals surface area contributed by atoms with Crippen LogP contribution in [0.5, 0.6) is 0 Å². The summed E-state index contributed by atoms with van der Waals surface area (Å²) in [5, 5.41) is 2.84. The fourth-order valence-corrected chi connectivity index (χ4v) is 5.31. The Morgan fingerprint density at radius 2 is 1.64 bits per heavy atom. The van der Waals surface area contributed by atoms with Crippen molar-refractivity contribution in [1.29, 1.82) is 0 Å². The molecule has 2 aromatic heterocycles. The summed E-state index contributed by atoms with van der Waals surface area (Å²) in [5.74, 6) is -2.15. The highest BCUT2D eigenvalue weighted by Crippen LogP contribution is 2.35. The van der Waals surface area contributed by atoms with E-state index in [1.54, 1.807) is 0 Å². The van der Waals surface area contributed by atoms with Gasteiger partial charge in [0, 0.05) is 37.9 Å². The summed E-state index contributed by atoms with van der Waals surface area (Å²) in [6, 6.07) is 5.22. The molecule has 1 aliphatic rings. The van der Waals surface area contributed by atoms with Crippen LogP contribution in [0, 0.1) is 5.82 Å². The lowest BCUT2D eigenvalue weighted by molar-refractivity contribution is -0.147. The molecule has 0 unspecified atom stereocenters. The lowest BCUT2D eigenvalue weighted by Gasteiger charge is -2.31. The van der Waals surface area contributed by atoms with E-state index in [0.29, 0.717) is 31.9 Å². The highest BCUT2D eigenvalue weighted by molar-refractivity contribution is 7.89. The SMILES string of the molecule is CC(C)n1c(-c2nc(Nc3ccc(S(=O)(=O)N4CCN(C)CC4)cc3)ncc2F)cnc1C(F)(F)F. The van der Waals surface area contributed by atoms with E-state index >= 15 is 0 Å². The van der Waals surface area contributed by atoms with Crippen LogP contribution < -0.4 is 5.32 Å². The van der Waals surface area contributed by atoms with Gasteiger partial charge in [-0.25, -0.2) is 27.8 Å². The van der Waals surface area contributed by atoms with Crippen molar-refractivity contribution in [1.82, 2.24) is 28.7 Å². The minimum Gasteiger partial charge on any atom is -0.324 e. The van der Waals surface area contributed by atoms with Gasteiger partial charge in [0.25, 0.3) is 0 Å². The highest BCUT2D eigenvalue weighted by Gasteiger charge is 2.38. The maximum atomic E-state index is 14.6. The third-order valence-electron chi connectivity index (χ3n) is 5.76. The third kappa shape index (κ3) is 5.20. The molecule has 0 aliphatic carbocycles. The van der Waals surface area contributed by atoms with Gasteiger partial charge in [0.1, 0.15) is 5.69 Å². The summed E-state index contributed by atoms with van der Waals surface area (Å²) >= 11 is 0. The molecule has 14 heteroatoms. The first-order valence-electron chi connectivity index (χ1n) is 11.1. The predicted octanol–water partition coefficient (Wildman–Crippen LogP) is 3.76. The van der Waals surface area contributed by atoms with Gasteiger partial charge in [0.2, 0.25) is 21.8 Å². The van der Waals surface area contributed by atoms with Crippen molar-refractivity contribution in [2.24, 2.45) is 0 Å². The van der Waals surface area contributed by atoms with Crippen molar-refractivity contribution in [3.05, 3.63) is 48.3 Å².